The lowest BCUT2D eigenvalue weighted by Crippen LogP contribution is -2.62. The highest BCUT2D eigenvalue weighted by Gasteiger charge is 2.65. The van der Waals surface area contributed by atoms with Gasteiger partial charge in [0.25, 0.3) is 11.5 Å². The number of nitrogens with zero attached hydrogens (tertiary/aromatic N) is 1. The maximum atomic E-state index is 14.8. The number of nitrogens with one attached hydrogen (secondary N) is 1. The highest BCUT2D eigenvalue weighted by molar-refractivity contribution is 5.95. The molecule has 6 nitrogen and oxygen atoms in total. The molecule has 2 aliphatic heterocycles. The first kappa shape index (κ1) is 26.0. The maximum Gasteiger partial charge on any atom is 0.431 e. The molecule has 0 aliphatic carbocycles. The van der Waals surface area contributed by atoms with Gasteiger partial charge in [0.15, 0.2) is 0 Å². The first-order chi connectivity index (χ1) is 18.1. The SMILES string of the molecule is CO[C@](C(=O)N1CCC2(CC1)OC(=O)NC[C@@H]2c1ccc(F)cc1)(c1cccc2ccccc12)C(F)(F)F. The third kappa shape index (κ3) is 4.16. The Morgan fingerprint density at radius 1 is 1.03 bits per heavy atom. The highest BCUT2D eigenvalue weighted by atomic mass is 19.4. The van der Waals surface area contributed by atoms with Crippen LogP contribution in [0.5, 0.6) is 0 Å². The molecule has 3 aromatic rings. The first-order valence-corrected chi connectivity index (χ1v) is 12.2. The molecule has 2 atom stereocenters. The Morgan fingerprint density at radius 2 is 1.68 bits per heavy atom. The van der Waals surface area contributed by atoms with Gasteiger partial charge >= 0.3 is 12.3 Å². The van der Waals surface area contributed by atoms with Gasteiger partial charge in [0.2, 0.25) is 0 Å². The van der Waals surface area contributed by atoms with Gasteiger partial charge in [0, 0.05) is 51.1 Å². The third-order valence-corrected chi connectivity index (χ3v) is 7.73. The molecule has 2 aliphatic rings. The zero-order chi connectivity index (χ0) is 27.1. The number of likely N-dealkylation sites (tertiary alicyclic amines) is 1. The number of hydrogen-bond donors (Lipinski definition) is 1. The summed E-state index contributed by atoms with van der Waals surface area (Å²) in [5, 5.41) is 3.45. The number of methoxy groups -OCH3 is 1. The average Bonchev–Trinajstić information content (AvgIpc) is 2.90. The van der Waals surface area contributed by atoms with Gasteiger partial charge in [-0.1, -0.05) is 54.6 Å². The van der Waals surface area contributed by atoms with E-state index in [2.05, 4.69) is 5.32 Å². The van der Waals surface area contributed by atoms with E-state index in [-0.39, 0.29) is 49.3 Å². The number of piperidine rings is 1. The smallest absolute Gasteiger partial charge is 0.431 e. The Kier molecular flexibility index (Phi) is 6.54. The van der Waals surface area contributed by atoms with Gasteiger partial charge in [-0.05, 0) is 28.5 Å². The Bertz CT molecular complexity index is 1350. The third-order valence-electron chi connectivity index (χ3n) is 7.73. The van der Waals surface area contributed by atoms with Crippen LogP contribution in [-0.2, 0) is 19.9 Å². The van der Waals surface area contributed by atoms with Crippen molar-refractivity contribution in [3.05, 3.63) is 83.7 Å². The molecule has 2 saturated heterocycles. The van der Waals surface area contributed by atoms with Crippen LogP contribution in [0.15, 0.2) is 66.7 Å². The summed E-state index contributed by atoms with van der Waals surface area (Å²) in [7, 11) is 0.887. The van der Waals surface area contributed by atoms with Crippen LogP contribution in [0.25, 0.3) is 10.8 Å². The molecule has 0 unspecified atom stereocenters. The molecule has 2 fully saturated rings. The Balaban J connectivity index is 1.48. The number of ether oxygens (including phenoxy) is 2. The number of halogens is 4. The Labute approximate surface area is 216 Å². The van der Waals surface area contributed by atoms with Gasteiger partial charge in [-0.15, -0.1) is 0 Å². The number of alkyl halides is 3. The number of carbonyl (C=O) groups excluding carboxylic acids is 2. The minimum Gasteiger partial charge on any atom is -0.442 e. The molecule has 200 valence electrons. The standard InChI is InChI=1S/C28H26F4N2O4/c1-37-27(28(30,31)32,22-8-4-6-18-5-2-3-7-21(18)22)24(35)34-15-13-26(14-16-34)23(17-33-25(36)38-26)19-9-11-20(29)12-10-19/h2-12,23H,13-17H2,1H3,(H,33,36)/t23-,27+/m1/s1. The van der Waals surface area contributed by atoms with Crippen LogP contribution in [-0.4, -0.2) is 55.4 Å². The number of carbonyl (C=O) groups is 2. The second-order valence-electron chi connectivity index (χ2n) is 9.64. The molecule has 3 aromatic carbocycles. The van der Waals surface area contributed by atoms with Crippen molar-refractivity contribution >= 4 is 22.8 Å². The number of hydrogen-bond acceptors (Lipinski definition) is 4. The lowest BCUT2D eigenvalue weighted by molar-refractivity contribution is -0.270. The molecule has 10 heteroatoms. The summed E-state index contributed by atoms with van der Waals surface area (Å²) < 4.78 is 68.9. The van der Waals surface area contributed by atoms with Crippen LogP contribution in [0.4, 0.5) is 22.4 Å². The molecule has 0 bridgehead atoms. The number of alkyl carbamates (subject to hydrolysis) is 1. The first-order valence-electron chi connectivity index (χ1n) is 12.2. The minimum atomic E-state index is -5.06. The number of rotatable bonds is 4. The normalized spacial score (nSPS) is 21.0. The highest BCUT2D eigenvalue weighted by Crippen LogP contribution is 2.48. The zero-order valence-corrected chi connectivity index (χ0v) is 20.6. The van der Waals surface area contributed by atoms with Gasteiger partial charge in [-0.3, -0.25) is 4.79 Å². The second kappa shape index (κ2) is 9.58. The summed E-state index contributed by atoms with van der Waals surface area (Å²) in [6.45, 7) is 0.0461. The largest absolute Gasteiger partial charge is 0.442 e. The van der Waals surface area contributed by atoms with E-state index in [4.69, 9.17) is 9.47 Å². The number of fused-ring (bicyclic) bond motifs is 1. The van der Waals surface area contributed by atoms with Gasteiger partial charge in [0.1, 0.15) is 11.4 Å². The number of benzene rings is 3. The molecule has 0 saturated carbocycles. The van der Waals surface area contributed by atoms with E-state index in [0.717, 1.165) is 17.6 Å². The van der Waals surface area contributed by atoms with Crippen LogP contribution >= 0.6 is 0 Å². The molecule has 0 aromatic heterocycles. The van der Waals surface area contributed by atoms with E-state index < -0.39 is 35.2 Å². The van der Waals surface area contributed by atoms with Crippen molar-refractivity contribution < 1.29 is 36.6 Å². The lowest BCUT2D eigenvalue weighted by Gasteiger charge is -2.49. The van der Waals surface area contributed by atoms with Crippen LogP contribution < -0.4 is 5.32 Å². The van der Waals surface area contributed by atoms with Crippen molar-refractivity contribution in [2.24, 2.45) is 0 Å². The lowest BCUT2D eigenvalue weighted by atomic mass is 9.74. The Hall–Kier alpha value is -3.66. The van der Waals surface area contributed by atoms with E-state index in [1.54, 1.807) is 36.4 Å². The summed E-state index contributed by atoms with van der Waals surface area (Å²) in [5.74, 6) is -2.01. The van der Waals surface area contributed by atoms with Crippen molar-refractivity contribution in [3.63, 3.8) is 0 Å². The second-order valence-corrected chi connectivity index (χ2v) is 9.64. The summed E-state index contributed by atoms with van der Waals surface area (Å²) in [4.78, 5) is 27.1. The molecular formula is C28H26F4N2O4. The van der Waals surface area contributed by atoms with Crippen molar-refractivity contribution in [1.82, 2.24) is 10.2 Å². The van der Waals surface area contributed by atoms with Crippen molar-refractivity contribution in [2.75, 3.05) is 26.7 Å². The Morgan fingerprint density at radius 3 is 2.34 bits per heavy atom. The van der Waals surface area contributed by atoms with E-state index >= 15 is 0 Å². The molecular weight excluding hydrogens is 504 g/mol. The van der Waals surface area contributed by atoms with Gasteiger partial charge < -0.3 is 19.7 Å². The van der Waals surface area contributed by atoms with Crippen LogP contribution in [0.2, 0.25) is 0 Å². The van der Waals surface area contributed by atoms with Crippen molar-refractivity contribution in [2.45, 2.75) is 36.1 Å². The van der Waals surface area contributed by atoms with Crippen LogP contribution in [0.3, 0.4) is 0 Å². The topological polar surface area (TPSA) is 67.9 Å². The van der Waals surface area contributed by atoms with E-state index in [1.165, 1.54) is 30.3 Å². The molecule has 2 amide bonds. The summed E-state index contributed by atoms with van der Waals surface area (Å²) in [6.07, 6.45) is -5.47. The van der Waals surface area contributed by atoms with Gasteiger partial charge in [-0.2, -0.15) is 13.2 Å². The number of amides is 2. The minimum absolute atomic E-state index is 0.0875. The predicted octanol–water partition coefficient (Wildman–Crippen LogP) is 5.27. The van der Waals surface area contributed by atoms with E-state index in [0.29, 0.717) is 5.39 Å². The molecule has 5 rings (SSSR count). The quantitative estimate of drug-likeness (QED) is 0.467. The summed E-state index contributed by atoms with van der Waals surface area (Å²) >= 11 is 0. The monoisotopic (exact) mass is 530 g/mol. The average molecular weight is 531 g/mol. The molecule has 2 heterocycles. The van der Waals surface area contributed by atoms with E-state index in [9.17, 15) is 27.2 Å². The zero-order valence-electron chi connectivity index (χ0n) is 20.6. The molecule has 38 heavy (non-hydrogen) atoms. The van der Waals surface area contributed by atoms with Crippen molar-refractivity contribution in [3.8, 4) is 0 Å². The molecule has 1 spiro atoms. The van der Waals surface area contributed by atoms with Crippen molar-refractivity contribution in [1.29, 1.82) is 0 Å². The molecule has 1 N–H and O–H groups in total. The van der Waals surface area contributed by atoms with Crippen LogP contribution in [0.1, 0.15) is 29.9 Å². The summed E-state index contributed by atoms with van der Waals surface area (Å²) in [6, 6.07) is 16.7. The summed E-state index contributed by atoms with van der Waals surface area (Å²) in [5.41, 5.74) is -3.83. The fourth-order valence-electron chi connectivity index (χ4n) is 5.78. The fraction of sp³-hybridized carbons (Fsp3) is 0.357. The van der Waals surface area contributed by atoms with Gasteiger partial charge in [-0.25, -0.2) is 9.18 Å². The molecule has 0 radical (unpaired) electrons. The van der Waals surface area contributed by atoms with E-state index in [1.807, 2.05) is 0 Å². The van der Waals surface area contributed by atoms with Gasteiger partial charge in [0.05, 0.1) is 0 Å². The maximum absolute atomic E-state index is 14.8. The predicted molar refractivity (Wildman–Crippen MR) is 131 cm³/mol. The fourth-order valence-corrected chi connectivity index (χ4v) is 5.78. The van der Waals surface area contributed by atoms with Crippen LogP contribution in [0, 0.1) is 5.82 Å².